The van der Waals surface area contributed by atoms with Gasteiger partial charge in [0, 0.05) is 0 Å². The van der Waals surface area contributed by atoms with Crippen molar-refractivity contribution < 1.29 is 4.43 Å². The Morgan fingerprint density at radius 3 is 2.00 bits per heavy atom. The SMILES string of the molecule is C=Cc1ccc(CO[Si](C)(C)[Si](C)(C)C)cc1. The Balaban J connectivity index is 2.64. The first kappa shape index (κ1) is 14.4. The maximum Gasteiger partial charge on any atom is 0.174 e. The van der Waals surface area contributed by atoms with Gasteiger partial charge in [-0.1, -0.05) is 56.6 Å². The molecule has 1 nitrogen and oxygen atoms in total. The molecule has 1 aromatic rings. The molecule has 0 aromatic heterocycles. The van der Waals surface area contributed by atoms with Crippen LogP contribution in [0.1, 0.15) is 11.1 Å². The van der Waals surface area contributed by atoms with Crippen molar-refractivity contribution in [1.29, 1.82) is 0 Å². The van der Waals surface area contributed by atoms with Gasteiger partial charge < -0.3 is 4.43 Å². The molecule has 0 bridgehead atoms. The van der Waals surface area contributed by atoms with Crippen LogP contribution in [0, 0.1) is 0 Å². The quantitative estimate of drug-likeness (QED) is 0.713. The lowest BCUT2D eigenvalue weighted by Crippen LogP contribution is -2.54. The van der Waals surface area contributed by atoms with Gasteiger partial charge in [-0.3, -0.25) is 0 Å². The van der Waals surface area contributed by atoms with E-state index in [1.165, 1.54) is 5.56 Å². The van der Waals surface area contributed by atoms with Crippen LogP contribution in [-0.2, 0) is 11.0 Å². The Morgan fingerprint density at radius 1 is 1.06 bits per heavy atom. The second-order valence-corrected chi connectivity index (χ2v) is 21.9. The Bertz CT molecular complexity index is 374. The van der Waals surface area contributed by atoms with Crippen molar-refractivity contribution in [2.45, 2.75) is 39.3 Å². The molecule has 0 radical (unpaired) electrons. The Labute approximate surface area is 107 Å². The number of rotatable bonds is 5. The van der Waals surface area contributed by atoms with Crippen LogP contribution in [0.5, 0.6) is 0 Å². The van der Waals surface area contributed by atoms with Crippen molar-refractivity contribution in [3.63, 3.8) is 0 Å². The smallest absolute Gasteiger partial charge is 0.174 e. The molecule has 3 heteroatoms. The monoisotopic (exact) mass is 264 g/mol. The Kier molecular flexibility index (Phi) is 4.52. The van der Waals surface area contributed by atoms with Crippen LogP contribution in [0.3, 0.4) is 0 Å². The van der Waals surface area contributed by atoms with Gasteiger partial charge in [0.2, 0.25) is 0 Å². The molecule has 1 rings (SSSR count). The predicted octanol–water partition coefficient (Wildman–Crippen LogP) is 4.47. The standard InChI is InChI=1S/C14H24OSi2/c1-7-13-8-10-14(11-9-13)12-15-17(5,6)16(2,3)4/h7-11H,1,12H2,2-6H3. The minimum Gasteiger partial charge on any atom is -0.416 e. The Hall–Kier alpha value is -0.646. The zero-order chi connectivity index (χ0) is 13.1. The van der Waals surface area contributed by atoms with Crippen molar-refractivity contribution in [2.24, 2.45) is 0 Å². The third kappa shape index (κ3) is 3.94. The normalized spacial score (nSPS) is 12.5. The summed E-state index contributed by atoms with van der Waals surface area (Å²) in [6.45, 7) is 16.4. The third-order valence-corrected chi connectivity index (χ3v) is 19.4. The Morgan fingerprint density at radius 2 is 1.59 bits per heavy atom. The minimum atomic E-state index is -1.49. The van der Waals surface area contributed by atoms with Crippen LogP contribution < -0.4 is 0 Å². The van der Waals surface area contributed by atoms with E-state index in [9.17, 15) is 0 Å². The summed E-state index contributed by atoms with van der Waals surface area (Å²) in [6, 6.07) is 8.45. The van der Waals surface area contributed by atoms with Crippen molar-refractivity contribution in [3.8, 4) is 0 Å². The van der Waals surface area contributed by atoms with Crippen LogP contribution in [0.15, 0.2) is 30.8 Å². The lowest BCUT2D eigenvalue weighted by atomic mass is 10.1. The van der Waals surface area contributed by atoms with Gasteiger partial charge in [0.15, 0.2) is 7.83 Å². The van der Waals surface area contributed by atoms with Crippen LogP contribution in [-0.4, -0.2) is 15.4 Å². The fourth-order valence-corrected chi connectivity index (χ4v) is 3.71. The highest BCUT2D eigenvalue weighted by Gasteiger charge is 2.38. The second kappa shape index (κ2) is 5.33. The molecule has 0 saturated carbocycles. The first-order chi connectivity index (χ1) is 7.76. The molecule has 0 atom stereocenters. The molecule has 0 aliphatic heterocycles. The molecule has 94 valence electrons. The first-order valence-electron chi connectivity index (χ1n) is 6.11. The van der Waals surface area contributed by atoms with Gasteiger partial charge in [-0.05, 0) is 24.2 Å². The molecule has 0 heterocycles. The van der Waals surface area contributed by atoms with Gasteiger partial charge in [0.05, 0.1) is 14.2 Å². The molecule has 0 saturated heterocycles. The van der Waals surface area contributed by atoms with E-state index in [2.05, 4.69) is 63.6 Å². The maximum absolute atomic E-state index is 6.23. The molecule has 17 heavy (non-hydrogen) atoms. The van der Waals surface area contributed by atoms with Gasteiger partial charge in [0.1, 0.15) is 0 Å². The number of benzene rings is 1. The summed E-state index contributed by atoms with van der Waals surface area (Å²) >= 11 is 0. The molecule has 0 aliphatic carbocycles. The fraction of sp³-hybridized carbons (Fsp3) is 0.429. The van der Waals surface area contributed by atoms with Gasteiger partial charge in [-0.25, -0.2) is 0 Å². The van der Waals surface area contributed by atoms with Crippen LogP contribution in [0.4, 0.5) is 0 Å². The van der Waals surface area contributed by atoms with Crippen molar-refractivity contribution in [3.05, 3.63) is 42.0 Å². The molecular weight excluding hydrogens is 240 g/mol. The van der Waals surface area contributed by atoms with Crippen molar-refractivity contribution >= 4 is 21.5 Å². The largest absolute Gasteiger partial charge is 0.416 e. The highest BCUT2D eigenvalue weighted by molar-refractivity contribution is 7.37. The molecule has 1 aromatic carbocycles. The number of hydrogen-bond acceptors (Lipinski definition) is 1. The van der Waals surface area contributed by atoms with E-state index >= 15 is 0 Å². The van der Waals surface area contributed by atoms with E-state index in [1.807, 2.05) is 6.08 Å². The summed E-state index contributed by atoms with van der Waals surface area (Å²) in [5.74, 6) is 0. The van der Waals surface area contributed by atoms with E-state index in [0.29, 0.717) is 0 Å². The summed E-state index contributed by atoms with van der Waals surface area (Å²) in [6.07, 6.45) is 1.87. The van der Waals surface area contributed by atoms with E-state index in [1.54, 1.807) is 0 Å². The highest BCUT2D eigenvalue weighted by Crippen LogP contribution is 2.21. The molecule has 0 fully saturated rings. The average molecular weight is 265 g/mol. The predicted molar refractivity (Wildman–Crippen MR) is 82.2 cm³/mol. The summed E-state index contributed by atoms with van der Waals surface area (Å²) in [7, 11) is -2.65. The molecule has 0 unspecified atom stereocenters. The maximum atomic E-state index is 6.23. The molecule has 0 aliphatic rings. The lowest BCUT2D eigenvalue weighted by Gasteiger charge is -2.34. The summed E-state index contributed by atoms with van der Waals surface area (Å²) in [5.41, 5.74) is 2.42. The van der Waals surface area contributed by atoms with Crippen molar-refractivity contribution in [1.82, 2.24) is 0 Å². The van der Waals surface area contributed by atoms with E-state index in [-0.39, 0.29) is 0 Å². The van der Waals surface area contributed by atoms with Crippen LogP contribution in [0.25, 0.3) is 6.08 Å². The number of hydrogen-bond donors (Lipinski definition) is 0. The molecule has 0 N–H and O–H groups in total. The van der Waals surface area contributed by atoms with Gasteiger partial charge in [0.25, 0.3) is 0 Å². The van der Waals surface area contributed by atoms with E-state index in [4.69, 9.17) is 4.43 Å². The highest BCUT2D eigenvalue weighted by atomic mass is 29.3. The van der Waals surface area contributed by atoms with Crippen LogP contribution in [0.2, 0.25) is 32.7 Å². The minimum absolute atomic E-state index is 0.751. The van der Waals surface area contributed by atoms with E-state index < -0.39 is 15.4 Å². The molecule has 0 amide bonds. The fourth-order valence-electron chi connectivity index (χ4n) is 1.23. The summed E-state index contributed by atoms with van der Waals surface area (Å²) < 4.78 is 6.23. The van der Waals surface area contributed by atoms with E-state index in [0.717, 1.165) is 12.2 Å². The third-order valence-electron chi connectivity index (χ3n) is 3.62. The molecule has 0 spiro atoms. The average Bonchev–Trinajstić information content (AvgIpc) is 2.25. The first-order valence-corrected chi connectivity index (χ1v) is 13.5. The lowest BCUT2D eigenvalue weighted by molar-refractivity contribution is 0.306. The van der Waals surface area contributed by atoms with Crippen LogP contribution >= 0.6 is 0 Å². The summed E-state index contributed by atoms with van der Waals surface area (Å²) in [5, 5.41) is 0. The zero-order valence-corrected chi connectivity index (χ0v) is 13.7. The zero-order valence-electron chi connectivity index (χ0n) is 11.7. The van der Waals surface area contributed by atoms with Crippen molar-refractivity contribution in [2.75, 3.05) is 0 Å². The second-order valence-electron chi connectivity index (χ2n) is 5.99. The molecular formula is C14H24OSi2. The topological polar surface area (TPSA) is 9.23 Å². The van der Waals surface area contributed by atoms with Gasteiger partial charge in [-0.15, -0.1) is 0 Å². The summed E-state index contributed by atoms with van der Waals surface area (Å²) in [4.78, 5) is 0. The van der Waals surface area contributed by atoms with Gasteiger partial charge >= 0.3 is 0 Å². The van der Waals surface area contributed by atoms with Gasteiger partial charge in [-0.2, -0.15) is 0 Å².